The van der Waals surface area contributed by atoms with Gasteiger partial charge in [0.1, 0.15) is 5.75 Å². The van der Waals surface area contributed by atoms with Crippen LogP contribution in [0, 0.1) is 0 Å². The number of benzene rings is 2. The molecule has 0 fully saturated rings. The molecule has 22 heavy (non-hydrogen) atoms. The lowest BCUT2D eigenvalue weighted by Crippen LogP contribution is -2.35. The molecule has 0 saturated heterocycles. The van der Waals surface area contributed by atoms with Gasteiger partial charge in [-0.15, -0.1) is 0 Å². The van der Waals surface area contributed by atoms with Gasteiger partial charge >= 0.3 is 0 Å². The van der Waals surface area contributed by atoms with Crippen LogP contribution in [0.2, 0.25) is 5.02 Å². The van der Waals surface area contributed by atoms with Crippen LogP contribution in [-0.4, -0.2) is 19.1 Å². The zero-order valence-electron chi connectivity index (χ0n) is 12.0. The molecule has 2 N–H and O–H groups in total. The van der Waals surface area contributed by atoms with E-state index in [4.69, 9.17) is 16.3 Å². The summed E-state index contributed by atoms with van der Waals surface area (Å²) in [6.07, 6.45) is 0.773. The number of amides is 1. The normalized spacial score (nSPS) is 16.3. The summed E-state index contributed by atoms with van der Waals surface area (Å²) in [5, 5.41) is 6.69. The lowest BCUT2D eigenvalue weighted by molar-refractivity contribution is -0.120. The number of para-hydroxylation sites is 2. The van der Waals surface area contributed by atoms with Gasteiger partial charge in [-0.3, -0.25) is 4.79 Å². The van der Waals surface area contributed by atoms with E-state index >= 15 is 0 Å². The number of hydrogen-bond donors (Lipinski definition) is 2. The molecule has 1 atom stereocenters. The number of halogens is 1. The number of nitrogens with one attached hydrogen (secondary N) is 2. The van der Waals surface area contributed by atoms with Gasteiger partial charge in [-0.05, 0) is 18.2 Å². The quantitative estimate of drug-likeness (QED) is 0.909. The van der Waals surface area contributed by atoms with Crippen molar-refractivity contribution in [1.29, 1.82) is 0 Å². The second-order valence-corrected chi connectivity index (χ2v) is 5.54. The number of ether oxygens (including phenoxy) is 1. The maximum atomic E-state index is 12.1. The van der Waals surface area contributed by atoms with Crippen LogP contribution in [0.4, 0.5) is 5.69 Å². The van der Waals surface area contributed by atoms with E-state index in [0.717, 1.165) is 23.4 Å². The van der Waals surface area contributed by atoms with Crippen LogP contribution in [0.15, 0.2) is 48.5 Å². The average molecular weight is 317 g/mol. The van der Waals surface area contributed by atoms with Crippen molar-refractivity contribution in [3.63, 3.8) is 0 Å². The standard InChI is InChI=1S/C17H17ClN2O2/c18-13-6-2-3-7-15(13)19-11-17(21)20-14-9-10-22-16-8-4-1-5-12(14)16/h1-8,14,19H,9-11H2,(H,20,21). The van der Waals surface area contributed by atoms with Crippen molar-refractivity contribution < 1.29 is 9.53 Å². The van der Waals surface area contributed by atoms with Gasteiger partial charge in [-0.25, -0.2) is 0 Å². The van der Waals surface area contributed by atoms with Crippen LogP contribution in [0.5, 0.6) is 5.75 Å². The van der Waals surface area contributed by atoms with Crippen molar-refractivity contribution >= 4 is 23.2 Å². The van der Waals surface area contributed by atoms with Crippen LogP contribution in [0.3, 0.4) is 0 Å². The number of anilines is 1. The summed E-state index contributed by atoms with van der Waals surface area (Å²) in [4.78, 5) is 12.1. The van der Waals surface area contributed by atoms with Crippen molar-refractivity contribution in [3.8, 4) is 5.75 Å². The molecule has 114 valence electrons. The Balaban J connectivity index is 1.60. The third kappa shape index (κ3) is 3.34. The molecule has 1 aliphatic heterocycles. The molecule has 1 unspecified atom stereocenters. The molecule has 0 radical (unpaired) electrons. The molecule has 3 rings (SSSR count). The van der Waals surface area contributed by atoms with Crippen molar-refractivity contribution in [2.24, 2.45) is 0 Å². The molecule has 2 aromatic rings. The molecule has 5 heteroatoms. The first-order chi connectivity index (χ1) is 10.7. The minimum absolute atomic E-state index is 0.00880. The van der Waals surface area contributed by atoms with E-state index in [1.807, 2.05) is 42.5 Å². The molecule has 0 bridgehead atoms. The molecular weight excluding hydrogens is 300 g/mol. The lowest BCUT2D eigenvalue weighted by atomic mass is 10.0. The van der Waals surface area contributed by atoms with Gasteiger partial charge in [-0.1, -0.05) is 41.9 Å². The Morgan fingerprint density at radius 1 is 1.18 bits per heavy atom. The van der Waals surface area contributed by atoms with Gasteiger partial charge in [0.25, 0.3) is 0 Å². The second kappa shape index (κ2) is 6.71. The van der Waals surface area contributed by atoms with E-state index in [0.29, 0.717) is 11.6 Å². The summed E-state index contributed by atoms with van der Waals surface area (Å²) in [5.74, 6) is 0.778. The van der Waals surface area contributed by atoms with E-state index in [2.05, 4.69) is 10.6 Å². The molecule has 0 spiro atoms. The van der Waals surface area contributed by atoms with Gasteiger partial charge in [0, 0.05) is 12.0 Å². The average Bonchev–Trinajstić information content (AvgIpc) is 2.54. The first-order valence-corrected chi connectivity index (χ1v) is 7.61. The molecule has 1 aliphatic rings. The molecule has 4 nitrogen and oxygen atoms in total. The van der Waals surface area contributed by atoms with E-state index in [-0.39, 0.29) is 18.5 Å². The van der Waals surface area contributed by atoms with Crippen molar-refractivity contribution in [3.05, 3.63) is 59.1 Å². The molecule has 0 aliphatic carbocycles. The molecule has 1 amide bonds. The Kier molecular flexibility index (Phi) is 4.49. The highest BCUT2D eigenvalue weighted by atomic mass is 35.5. The van der Waals surface area contributed by atoms with E-state index in [1.54, 1.807) is 6.07 Å². The third-order valence-electron chi connectivity index (χ3n) is 3.61. The number of carbonyl (C=O) groups excluding carboxylic acids is 1. The minimum Gasteiger partial charge on any atom is -0.493 e. The summed E-state index contributed by atoms with van der Waals surface area (Å²) < 4.78 is 5.60. The van der Waals surface area contributed by atoms with Crippen molar-refractivity contribution in [1.82, 2.24) is 5.32 Å². The first-order valence-electron chi connectivity index (χ1n) is 7.23. The topological polar surface area (TPSA) is 50.4 Å². The minimum atomic E-state index is -0.0679. The largest absolute Gasteiger partial charge is 0.493 e. The zero-order valence-corrected chi connectivity index (χ0v) is 12.8. The Hall–Kier alpha value is -2.20. The lowest BCUT2D eigenvalue weighted by Gasteiger charge is -2.26. The summed E-state index contributed by atoms with van der Waals surface area (Å²) >= 11 is 6.06. The van der Waals surface area contributed by atoms with Crippen LogP contribution < -0.4 is 15.4 Å². The predicted molar refractivity (Wildman–Crippen MR) is 87.4 cm³/mol. The van der Waals surface area contributed by atoms with Crippen LogP contribution in [0.1, 0.15) is 18.0 Å². The molecule has 1 heterocycles. The molecule has 0 saturated carbocycles. The van der Waals surface area contributed by atoms with Gasteiger partial charge in [0.15, 0.2) is 0 Å². The number of rotatable bonds is 4. The fraction of sp³-hybridized carbons (Fsp3) is 0.235. The van der Waals surface area contributed by atoms with Crippen LogP contribution >= 0.6 is 11.6 Å². The highest BCUT2D eigenvalue weighted by Crippen LogP contribution is 2.31. The maximum Gasteiger partial charge on any atom is 0.239 e. The Bertz CT molecular complexity index is 675. The predicted octanol–water partition coefficient (Wildman–Crippen LogP) is 3.39. The molecule has 0 aromatic heterocycles. The third-order valence-corrected chi connectivity index (χ3v) is 3.94. The van der Waals surface area contributed by atoms with Gasteiger partial charge in [-0.2, -0.15) is 0 Å². The first kappa shape index (κ1) is 14.7. The Morgan fingerprint density at radius 3 is 2.82 bits per heavy atom. The van der Waals surface area contributed by atoms with Gasteiger partial charge in [0.2, 0.25) is 5.91 Å². The second-order valence-electron chi connectivity index (χ2n) is 5.13. The van der Waals surface area contributed by atoms with E-state index < -0.39 is 0 Å². The Morgan fingerprint density at radius 2 is 1.95 bits per heavy atom. The summed E-state index contributed by atoms with van der Waals surface area (Å²) in [6.45, 7) is 0.795. The summed E-state index contributed by atoms with van der Waals surface area (Å²) in [7, 11) is 0. The number of carbonyl (C=O) groups is 1. The highest BCUT2D eigenvalue weighted by Gasteiger charge is 2.22. The number of hydrogen-bond acceptors (Lipinski definition) is 3. The van der Waals surface area contributed by atoms with Crippen molar-refractivity contribution in [2.45, 2.75) is 12.5 Å². The SMILES string of the molecule is O=C(CNc1ccccc1Cl)NC1CCOc2ccccc21. The maximum absolute atomic E-state index is 12.1. The van der Waals surface area contributed by atoms with Gasteiger partial charge < -0.3 is 15.4 Å². The Labute approximate surface area is 134 Å². The fourth-order valence-electron chi connectivity index (χ4n) is 2.52. The smallest absolute Gasteiger partial charge is 0.239 e. The van der Waals surface area contributed by atoms with E-state index in [9.17, 15) is 4.79 Å². The van der Waals surface area contributed by atoms with Crippen LogP contribution in [0.25, 0.3) is 0 Å². The monoisotopic (exact) mass is 316 g/mol. The summed E-state index contributed by atoms with van der Waals surface area (Å²) in [6, 6.07) is 15.2. The molecule has 2 aromatic carbocycles. The highest BCUT2D eigenvalue weighted by molar-refractivity contribution is 6.33. The summed E-state index contributed by atoms with van der Waals surface area (Å²) in [5.41, 5.74) is 1.78. The van der Waals surface area contributed by atoms with Gasteiger partial charge in [0.05, 0.1) is 29.9 Å². The zero-order chi connectivity index (χ0) is 15.4. The number of fused-ring (bicyclic) bond motifs is 1. The fourth-order valence-corrected chi connectivity index (χ4v) is 2.72. The van der Waals surface area contributed by atoms with Crippen molar-refractivity contribution in [2.75, 3.05) is 18.5 Å². The van der Waals surface area contributed by atoms with Crippen LogP contribution in [-0.2, 0) is 4.79 Å². The van der Waals surface area contributed by atoms with E-state index in [1.165, 1.54) is 0 Å². The molecular formula is C17H17ClN2O2.